The van der Waals surface area contributed by atoms with E-state index < -0.39 is 35.0 Å². The van der Waals surface area contributed by atoms with E-state index in [0.29, 0.717) is 11.8 Å². The fourth-order valence-electron chi connectivity index (χ4n) is 2.30. The number of hydrogen-bond donors (Lipinski definition) is 1. The summed E-state index contributed by atoms with van der Waals surface area (Å²) >= 11 is 0.525. The third kappa shape index (κ3) is 4.15. The van der Waals surface area contributed by atoms with Crippen LogP contribution in [0.5, 0.6) is 0 Å². The topological polar surface area (TPSA) is 55.4 Å². The fourth-order valence-corrected chi connectivity index (χ4v) is 3.28. The van der Waals surface area contributed by atoms with Gasteiger partial charge in [-0.25, -0.2) is 9.18 Å². The molecule has 2 unspecified atom stereocenters. The van der Waals surface area contributed by atoms with Gasteiger partial charge >= 0.3 is 12.1 Å². The molecular formula is C16H15F4NO3S. The molecule has 0 saturated carbocycles. The van der Waals surface area contributed by atoms with Crippen LogP contribution in [-0.4, -0.2) is 30.4 Å². The number of thioether (sulfide) groups is 1. The number of rotatable bonds is 5. The van der Waals surface area contributed by atoms with E-state index in [-0.39, 0.29) is 22.6 Å². The number of esters is 1. The lowest BCUT2D eigenvalue weighted by Crippen LogP contribution is -2.35. The number of nitrogens with one attached hydrogen (secondary N) is 1. The maximum Gasteiger partial charge on any atom is 0.416 e. The molecule has 0 bridgehead atoms. The van der Waals surface area contributed by atoms with Gasteiger partial charge in [0.2, 0.25) is 11.3 Å². The summed E-state index contributed by atoms with van der Waals surface area (Å²) in [6.45, 7) is 1.67. The van der Waals surface area contributed by atoms with E-state index in [2.05, 4.69) is 10.1 Å². The van der Waals surface area contributed by atoms with E-state index in [1.54, 1.807) is 6.92 Å². The first-order valence-electron chi connectivity index (χ1n) is 7.30. The van der Waals surface area contributed by atoms with Crippen LogP contribution in [0.1, 0.15) is 24.5 Å². The molecule has 1 aliphatic heterocycles. The Labute approximate surface area is 145 Å². The molecule has 0 aliphatic carbocycles. The second kappa shape index (κ2) is 7.47. The van der Waals surface area contributed by atoms with Gasteiger partial charge in [-0.15, -0.1) is 0 Å². The predicted octanol–water partition coefficient (Wildman–Crippen LogP) is 3.53. The van der Waals surface area contributed by atoms with Gasteiger partial charge in [-0.3, -0.25) is 4.79 Å². The Bertz CT molecular complexity index is 718. The van der Waals surface area contributed by atoms with Crippen molar-refractivity contribution in [3.05, 3.63) is 40.4 Å². The highest BCUT2D eigenvalue weighted by molar-refractivity contribution is 8.05. The summed E-state index contributed by atoms with van der Waals surface area (Å²) in [6.07, 6.45) is -4.30. The van der Waals surface area contributed by atoms with Crippen LogP contribution in [0.4, 0.5) is 17.6 Å². The predicted molar refractivity (Wildman–Crippen MR) is 85.1 cm³/mol. The number of carbonyl (C=O) groups is 2. The zero-order valence-electron chi connectivity index (χ0n) is 13.3. The number of alkyl halides is 4. The SMILES string of the molecule is CCC(NC1=C(c2cccc(C(F)(F)F)c2)C(=O)C(F)S1)C(=O)OC. The standard InChI is InChI=1S/C16H15F4NO3S/c1-3-10(15(23)24-2)21-14-11(12(22)13(17)25-14)8-5-4-6-9(7-8)16(18,19)20/h4-7,10,13,21H,3H2,1-2H3. The van der Waals surface area contributed by atoms with Gasteiger partial charge in [-0.2, -0.15) is 13.2 Å². The van der Waals surface area contributed by atoms with Crippen molar-refractivity contribution < 1.29 is 31.9 Å². The minimum Gasteiger partial charge on any atom is -0.467 e. The van der Waals surface area contributed by atoms with Crippen LogP contribution < -0.4 is 5.32 Å². The van der Waals surface area contributed by atoms with Crippen molar-refractivity contribution in [1.82, 2.24) is 5.32 Å². The first kappa shape index (κ1) is 19.3. The number of ether oxygens (including phenoxy) is 1. The number of ketones is 1. The monoisotopic (exact) mass is 377 g/mol. The van der Waals surface area contributed by atoms with Crippen molar-refractivity contribution in [1.29, 1.82) is 0 Å². The van der Waals surface area contributed by atoms with Gasteiger partial charge in [-0.05, 0) is 24.1 Å². The lowest BCUT2D eigenvalue weighted by molar-refractivity contribution is -0.143. The number of carbonyl (C=O) groups excluding carboxylic acids is 2. The normalized spacial score (nSPS) is 19.1. The quantitative estimate of drug-likeness (QED) is 0.629. The van der Waals surface area contributed by atoms with Gasteiger partial charge in [-0.1, -0.05) is 30.8 Å². The molecule has 1 N–H and O–H groups in total. The average molecular weight is 377 g/mol. The molecule has 1 heterocycles. The summed E-state index contributed by atoms with van der Waals surface area (Å²) in [5, 5.41) is 2.73. The van der Waals surface area contributed by atoms with Gasteiger partial charge in [0, 0.05) is 0 Å². The molecule has 2 rings (SSSR count). The molecule has 136 valence electrons. The van der Waals surface area contributed by atoms with Gasteiger partial charge in [0.15, 0.2) is 0 Å². The smallest absolute Gasteiger partial charge is 0.416 e. The van der Waals surface area contributed by atoms with Gasteiger partial charge in [0.25, 0.3) is 0 Å². The van der Waals surface area contributed by atoms with Gasteiger partial charge in [0.1, 0.15) is 6.04 Å². The van der Waals surface area contributed by atoms with Crippen LogP contribution in [0.15, 0.2) is 29.3 Å². The minimum atomic E-state index is -4.59. The van der Waals surface area contributed by atoms with Crippen LogP contribution in [0.25, 0.3) is 5.57 Å². The Balaban J connectivity index is 2.46. The summed E-state index contributed by atoms with van der Waals surface area (Å²) < 4.78 is 57.1. The van der Waals surface area contributed by atoms with Crippen LogP contribution in [0.2, 0.25) is 0 Å². The van der Waals surface area contributed by atoms with Crippen molar-refractivity contribution >= 4 is 29.1 Å². The molecule has 1 aliphatic rings. The maximum absolute atomic E-state index is 13.9. The average Bonchev–Trinajstić information content (AvgIpc) is 2.85. The minimum absolute atomic E-state index is 0.0223. The molecular weight excluding hydrogens is 362 g/mol. The van der Waals surface area contributed by atoms with Gasteiger partial charge in [0.05, 0.1) is 23.3 Å². The van der Waals surface area contributed by atoms with E-state index in [0.717, 1.165) is 18.2 Å². The zero-order valence-corrected chi connectivity index (χ0v) is 14.1. The molecule has 0 radical (unpaired) electrons. The molecule has 4 nitrogen and oxygen atoms in total. The number of benzene rings is 1. The third-order valence-corrected chi connectivity index (χ3v) is 4.56. The zero-order chi connectivity index (χ0) is 18.8. The van der Waals surface area contributed by atoms with Crippen LogP contribution in [0, 0.1) is 0 Å². The molecule has 0 spiro atoms. The Kier molecular flexibility index (Phi) is 5.76. The van der Waals surface area contributed by atoms with E-state index >= 15 is 0 Å². The summed E-state index contributed by atoms with van der Waals surface area (Å²) in [4.78, 5) is 23.8. The van der Waals surface area contributed by atoms with Crippen LogP contribution in [0.3, 0.4) is 0 Å². The van der Waals surface area contributed by atoms with E-state index in [1.165, 1.54) is 13.2 Å². The number of Topliss-reactive ketones (excluding diaryl/α,β-unsaturated/α-hetero) is 1. The highest BCUT2D eigenvalue weighted by Crippen LogP contribution is 2.41. The molecule has 0 aromatic heterocycles. The number of allylic oxidation sites excluding steroid dienone is 1. The molecule has 2 atom stereocenters. The highest BCUT2D eigenvalue weighted by atomic mass is 32.2. The molecule has 1 aromatic rings. The Morgan fingerprint density at radius 1 is 1.40 bits per heavy atom. The van der Waals surface area contributed by atoms with E-state index in [9.17, 15) is 27.2 Å². The first-order chi connectivity index (χ1) is 11.7. The summed E-state index contributed by atoms with van der Waals surface area (Å²) in [6, 6.07) is 3.24. The van der Waals surface area contributed by atoms with Crippen LogP contribution in [-0.2, 0) is 20.5 Å². The Morgan fingerprint density at radius 2 is 2.08 bits per heavy atom. The summed E-state index contributed by atoms with van der Waals surface area (Å²) in [5.74, 6) is -1.56. The Morgan fingerprint density at radius 3 is 2.64 bits per heavy atom. The number of halogens is 4. The lowest BCUT2D eigenvalue weighted by Gasteiger charge is -2.17. The molecule has 0 amide bonds. The number of hydrogen-bond acceptors (Lipinski definition) is 5. The van der Waals surface area contributed by atoms with Crippen molar-refractivity contribution in [2.75, 3.05) is 7.11 Å². The van der Waals surface area contributed by atoms with Crippen molar-refractivity contribution in [3.63, 3.8) is 0 Å². The summed E-state index contributed by atoms with van der Waals surface area (Å²) in [7, 11) is 1.18. The molecule has 0 saturated heterocycles. The molecule has 0 fully saturated rings. The third-order valence-electron chi connectivity index (χ3n) is 3.58. The van der Waals surface area contributed by atoms with Crippen LogP contribution >= 0.6 is 11.8 Å². The summed E-state index contributed by atoms with van der Waals surface area (Å²) in [5.41, 5.74) is -3.15. The molecule has 9 heteroatoms. The van der Waals surface area contributed by atoms with Crippen molar-refractivity contribution in [2.24, 2.45) is 0 Å². The molecule has 25 heavy (non-hydrogen) atoms. The van der Waals surface area contributed by atoms with E-state index in [4.69, 9.17) is 0 Å². The maximum atomic E-state index is 13.9. The Hall–Kier alpha value is -2.03. The lowest BCUT2D eigenvalue weighted by atomic mass is 10.0. The van der Waals surface area contributed by atoms with Crippen molar-refractivity contribution in [2.45, 2.75) is 31.1 Å². The largest absolute Gasteiger partial charge is 0.467 e. The van der Waals surface area contributed by atoms with Gasteiger partial charge < -0.3 is 10.1 Å². The highest BCUT2D eigenvalue weighted by Gasteiger charge is 2.38. The van der Waals surface area contributed by atoms with Crippen molar-refractivity contribution in [3.8, 4) is 0 Å². The second-order valence-corrected chi connectivity index (χ2v) is 6.27. The number of methoxy groups -OCH3 is 1. The van der Waals surface area contributed by atoms with E-state index in [1.807, 2.05) is 0 Å². The fraction of sp³-hybridized carbons (Fsp3) is 0.375. The molecule has 1 aromatic carbocycles. The first-order valence-corrected chi connectivity index (χ1v) is 8.18. The second-order valence-electron chi connectivity index (χ2n) is 5.21.